The van der Waals surface area contributed by atoms with E-state index in [0.29, 0.717) is 16.4 Å². The van der Waals surface area contributed by atoms with Crippen molar-refractivity contribution in [2.45, 2.75) is 13.0 Å². The summed E-state index contributed by atoms with van der Waals surface area (Å²) in [5.41, 5.74) is 2.73. The number of hydrogen-bond acceptors (Lipinski definition) is 2. The van der Waals surface area contributed by atoms with Crippen LogP contribution < -0.4 is 16.0 Å². The maximum Gasteiger partial charge on any atom is 0.319 e. The lowest BCUT2D eigenvalue weighted by Crippen LogP contribution is -2.51. The van der Waals surface area contributed by atoms with E-state index in [2.05, 4.69) is 22.5 Å². The zero-order valence-electron chi connectivity index (χ0n) is 15.8. The Morgan fingerprint density at radius 3 is 2.69 bits per heavy atom. The van der Waals surface area contributed by atoms with Crippen LogP contribution in [0.25, 0.3) is 10.8 Å². The van der Waals surface area contributed by atoms with Gasteiger partial charge in [-0.1, -0.05) is 66.7 Å². The topological polar surface area (TPSA) is 70.2 Å². The van der Waals surface area contributed by atoms with Gasteiger partial charge >= 0.3 is 6.03 Å². The Bertz CT molecular complexity index is 1140. The molecule has 2 atom stereocenters. The Morgan fingerprint density at radius 1 is 1.10 bits per heavy atom. The van der Waals surface area contributed by atoms with Crippen LogP contribution in [0.2, 0.25) is 5.02 Å². The summed E-state index contributed by atoms with van der Waals surface area (Å²) in [4.78, 5) is 25.4. The molecule has 0 aliphatic carbocycles. The number of urea groups is 1. The fraction of sp³-hybridized carbons (Fsp3) is 0.130. The molecule has 1 aliphatic rings. The number of anilines is 1. The van der Waals surface area contributed by atoms with Crippen LogP contribution in [0.15, 0.2) is 72.9 Å². The lowest BCUT2D eigenvalue weighted by molar-refractivity contribution is -0.119. The van der Waals surface area contributed by atoms with E-state index in [1.807, 2.05) is 55.5 Å². The summed E-state index contributed by atoms with van der Waals surface area (Å²) in [5.74, 6) is -0.970. The third-order valence-electron chi connectivity index (χ3n) is 5.17. The first kappa shape index (κ1) is 19.0. The monoisotopic (exact) mass is 405 g/mol. The highest BCUT2D eigenvalue weighted by atomic mass is 35.5. The Balaban J connectivity index is 1.74. The van der Waals surface area contributed by atoms with E-state index >= 15 is 0 Å². The number of fused-ring (bicyclic) bond motifs is 1. The number of halogens is 1. The van der Waals surface area contributed by atoms with E-state index in [9.17, 15) is 9.59 Å². The predicted molar refractivity (Wildman–Crippen MR) is 116 cm³/mol. The molecular formula is C23H20ClN3O2. The summed E-state index contributed by atoms with van der Waals surface area (Å²) >= 11 is 6.09. The SMILES string of the molecule is C=C1NC(=O)N[C@@H](c2cccc3ccccc23)[C@@H]1C(=O)Nc1cc(Cl)ccc1C. The highest BCUT2D eigenvalue weighted by molar-refractivity contribution is 6.31. The predicted octanol–water partition coefficient (Wildman–Crippen LogP) is 4.92. The fourth-order valence-electron chi connectivity index (χ4n) is 3.71. The Labute approximate surface area is 173 Å². The van der Waals surface area contributed by atoms with E-state index in [0.717, 1.165) is 21.9 Å². The molecule has 0 aromatic heterocycles. The van der Waals surface area contributed by atoms with Crippen LogP contribution in [0, 0.1) is 12.8 Å². The number of carbonyl (C=O) groups excluding carboxylic acids is 2. The molecule has 1 saturated heterocycles. The normalized spacial score (nSPS) is 18.8. The van der Waals surface area contributed by atoms with Crippen LogP contribution in [-0.2, 0) is 4.79 Å². The third kappa shape index (κ3) is 3.69. The van der Waals surface area contributed by atoms with Crippen molar-refractivity contribution in [3.05, 3.63) is 89.1 Å². The molecule has 3 N–H and O–H groups in total. The van der Waals surface area contributed by atoms with E-state index < -0.39 is 12.0 Å². The Hall–Kier alpha value is -3.31. The van der Waals surface area contributed by atoms with Gasteiger partial charge in [0.2, 0.25) is 5.91 Å². The van der Waals surface area contributed by atoms with Crippen molar-refractivity contribution >= 4 is 40.0 Å². The molecule has 5 nitrogen and oxygen atoms in total. The largest absolute Gasteiger partial charge is 0.330 e. The highest BCUT2D eigenvalue weighted by Gasteiger charge is 2.38. The summed E-state index contributed by atoms with van der Waals surface area (Å²) in [6.07, 6.45) is 0. The van der Waals surface area contributed by atoms with Gasteiger partial charge in [0.25, 0.3) is 0 Å². The van der Waals surface area contributed by atoms with E-state index in [4.69, 9.17) is 11.6 Å². The lowest BCUT2D eigenvalue weighted by atomic mass is 9.85. The third-order valence-corrected chi connectivity index (χ3v) is 5.40. The van der Waals surface area contributed by atoms with E-state index in [1.54, 1.807) is 12.1 Å². The zero-order valence-corrected chi connectivity index (χ0v) is 16.6. The van der Waals surface area contributed by atoms with Crippen molar-refractivity contribution in [2.75, 3.05) is 5.32 Å². The second kappa shape index (κ2) is 7.60. The van der Waals surface area contributed by atoms with Crippen LogP contribution in [0.5, 0.6) is 0 Å². The molecule has 1 heterocycles. The van der Waals surface area contributed by atoms with Crippen LogP contribution in [0.4, 0.5) is 10.5 Å². The second-order valence-corrected chi connectivity index (χ2v) is 7.53. The zero-order chi connectivity index (χ0) is 20.5. The molecule has 3 amide bonds. The van der Waals surface area contributed by atoms with Gasteiger partial charge in [-0.05, 0) is 41.0 Å². The molecule has 0 unspecified atom stereocenters. The molecule has 0 spiro atoms. The number of amides is 3. The van der Waals surface area contributed by atoms with Crippen LogP contribution in [0.3, 0.4) is 0 Å². The number of rotatable bonds is 3. The van der Waals surface area contributed by atoms with Crippen molar-refractivity contribution in [1.82, 2.24) is 10.6 Å². The van der Waals surface area contributed by atoms with Gasteiger partial charge in [-0.3, -0.25) is 4.79 Å². The minimum absolute atomic E-state index is 0.272. The van der Waals surface area contributed by atoms with Gasteiger partial charge < -0.3 is 16.0 Å². The van der Waals surface area contributed by atoms with Crippen molar-refractivity contribution in [3.8, 4) is 0 Å². The average molecular weight is 406 g/mol. The molecule has 29 heavy (non-hydrogen) atoms. The molecule has 3 aromatic carbocycles. The number of nitrogens with one attached hydrogen (secondary N) is 3. The van der Waals surface area contributed by atoms with Crippen molar-refractivity contribution in [2.24, 2.45) is 5.92 Å². The highest BCUT2D eigenvalue weighted by Crippen LogP contribution is 2.35. The van der Waals surface area contributed by atoms with E-state index in [-0.39, 0.29) is 11.9 Å². The molecule has 146 valence electrons. The molecule has 1 fully saturated rings. The van der Waals surface area contributed by atoms with Crippen LogP contribution >= 0.6 is 11.6 Å². The molecule has 1 aliphatic heterocycles. The van der Waals surface area contributed by atoms with Crippen LogP contribution in [0.1, 0.15) is 17.2 Å². The Kier molecular flexibility index (Phi) is 4.99. The number of aryl methyl sites for hydroxylation is 1. The first-order valence-corrected chi connectivity index (χ1v) is 9.63. The summed E-state index contributed by atoms with van der Waals surface area (Å²) in [7, 11) is 0. The quantitative estimate of drug-likeness (QED) is 0.578. The molecule has 6 heteroatoms. The van der Waals surface area contributed by atoms with Crippen molar-refractivity contribution in [3.63, 3.8) is 0 Å². The molecule has 0 radical (unpaired) electrons. The van der Waals surface area contributed by atoms with Gasteiger partial charge in [-0.15, -0.1) is 0 Å². The summed E-state index contributed by atoms with van der Waals surface area (Å²) < 4.78 is 0. The van der Waals surface area contributed by atoms with Gasteiger partial charge in [-0.2, -0.15) is 0 Å². The number of carbonyl (C=O) groups is 2. The summed E-state index contributed by atoms with van der Waals surface area (Å²) in [6, 6.07) is 18.1. The van der Waals surface area contributed by atoms with Gasteiger partial charge in [0.15, 0.2) is 0 Å². The lowest BCUT2D eigenvalue weighted by Gasteiger charge is -2.34. The average Bonchev–Trinajstić information content (AvgIpc) is 2.69. The maximum atomic E-state index is 13.3. The maximum absolute atomic E-state index is 13.3. The molecule has 4 rings (SSSR count). The molecular weight excluding hydrogens is 386 g/mol. The standard InChI is InChI=1S/C23H20ClN3O2/c1-13-10-11-16(24)12-19(13)26-22(28)20-14(2)25-23(29)27-21(20)18-9-5-7-15-6-3-4-8-17(15)18/h3-12,20-21H,2H2,1H3,(H,26,28)(H2,25,27,29)/t20-,21+/m1/s1. The van der Waals surface area contributed by atoms with Gasteiger partial charge in [-0.25, -0.2) is 4.79 Å². The van der Waals surface area contributed by atoms with E-state index in [1.165, 1.54) is 0 Å². The molecule has 0 saturated carbocycles. The van der Waals surface area contributed by atoms with Gasteiger partial charge in [0.1, 0.15) is 5.92 Å². The van der Waals surface area contributed by atoms with Crippen molar-refractivity contribution < 1.29 is 9.59 Å². The smallest absolute Gasteiger partial charge is 0.319 e. The summed E-state index contributed by atoms with van der Waals surface area (Å²) in [6.45, 7) is 5.84. The second-order valence-electron chi connectivity index (χ2n) is 7.10. The number of hydrogen-bond donors (Lipinski definition) is 3. The first-order valence-electron chi connectivity index (χ1n) is 9.25. The molecule has 0 bridgehead atoms. The fourth-order valence-corrected chi connectivity index (χ4v) is 3.89. The van der Waals surface area contributed by atoms with Gasteiger partial charge in [0.05, 0.1) is 6.04 Å². The van der Waals surface area contributed by atoms with Crippen molar-refractivity contribution in [1.29, 1.82) is 0 Å². The summed E-state index contributed by atoms with van der Waals surface area (Å²) in [5, 5.41) is 11.0. The minimum atomic E-state index is -0.697. The van der Waals surface area contributed by atoms with Crippen LogP contribution in [-0.4, -0.2) is 11.9 Å². The number of benzene rings is 3. The van der Waals surface area contributed by atoms with Gasteiger partial charge in [0, 0.05) is 16.4 Å². The minimum Gasteiger partial charge on any atom is -0.330 e. The molecule has 3 aromatic rings. The Morgan fingerprint density at radius 2 is 1.86 bits per heavy atom. The first-order chi connectivity index (χ1) is 13.9.